The zero-order valence-electron chi connectivity index (χ0n) is 11.7. The Balaban J connectivity index is 2.01. The normalized spacial score (nSPS) is 14.9. The van der Waals surface area contributed by atoms with Gasteiger partial charge in [0, 0.05) is 26.2 Å². The Morgan fingerprint density at radius 2 is 1.70 bits per heavy atom. The summed E-state index contributed by atoms with van der Waals surface area (Å²) >= 11 is 0. The number of carbonyl (C=O) groups is 2. The third-order valence-corrected chi connectivity index (χ3v) is 3.35. The van der Waals surface area contributed by atoms with Crippen molar-refractivity contribution in [2.24, 2.45) is 0 Å². The molecule has 0 spiro atoms. The van der Waals surface area contributed by atoms with E-state index in [4.69, 9.17) is 4.74 Å². The summed E-state index contributed by atoms with van der Waals surface area (Å²) in [5.41, 5.74) is 1.00. The van der Waals surface area contributed by atoms with Crippen molar-refractivity contribution in [3.05, 3.63) is 24.3 Å². The molecule has 0 aromatic heterocycles. The molecular weight excluding hydrogens is 260 g/mol. The third kappa shape index (κ3) is 2.84. The van der Waals surface area contributed by atoms with Gasteiger partial charge in [-0.15, -0.1) is 0 Å². The molecule has 0 bridgehead atoms. The van der Waals surface area contributed by atoms with Crippen LogP contribution in [-0.4, -0.2) is 57.2 Å². The van der Waals surface area contributed by atoms with E-state index in [-0.39, 0.29) is 0 Å². The first-order valence-electron chi connectivity index (χ1n) is 6.42. The van der Waals surface area contributed by atoms with E-state index in [0.29, 0.717) is 26.2 Å². The second-order valence-electron chi connectivity index (χ2n) is 4.44. The molecule has 0 aliphatic carbocycles. The Hall–Kier alpha value is -2.24. The van der Waals surface area contributed by atoms with Crippen LogP contribution < -0.4 is 9.64 Å². The molecule has 0 N–H and O–H groups in total. The van der Waals surface area contributed by atoms with Gasteiger partial charge in [-0.25, -0.2) is 4.79 Å². The molecule has 1 aromatic carbocycles. The van der Waals surface area contributed by atoms with Crippen molar-refractivity contribution in [1.29, 1.82) is 0 Å². The van der Waals surface area contributed by atoms with Crippen molar-refractivity contribution >= 4 is 17.6 Å². The van der Waals surface area contributed by atoms with E-state index in [2.05, 4.69) is 9.64 Å². The molecule has 0 saturated carbocycles. The van der Waals surface area contributed by atoms with Gasteiger partial charge >= 0.3 is 11.9 Å². The van der Waals surface area contributed by atoms with Gasteiger partial charge in [0.05, 0.1) is 19.9 Å². The average Bonchev–Trinajstić information content (AvgIpc) is 2.53. The number of para-hydroxylation sites is 2. The van der Waals surface area contributed by atoms with Crippen molar-refractivity contribution in [3.8, 4) is 5.75 Å². The second-order valence-corrected chi connectivity index (χ2v) is 4.44. The van der Waals surface area contributed by atoms with E-state index >= 15 is 0 Å². The van der Waals surface area contributed by atoms with Crippen LogP contribution in [0.1, 0.15) is 0 Å². The fourth-order valence-electron chi connectivity index (χ4n) is 2.26. The molecule has 1 aromatic rings. The lowest BCUT2D eigenvalue weighted by atomic mass is 10.2. The summed E-state index contributed by atoms with van der Waals surface area (Å²) < 4.78 is 9.78. The standard InChI is InChI=1S/C14H18N2O4/c1-19-12-6-4-3-5-11(12)15-7-9-16(10-8-15)13(17)14(18)20-2/h3-6H,7-10H2,1-2H3. The number of benzene rings is 1. The number of amides is 1. The number of anilines is 1. The molecule has 6 nitrogen and oxygen atoms in total. The molecule has 20 heavy (non-hydrogen) atoms. The molecule has 6 heteroatoms. The van der Waals surface area contributed by atoms with Crippen LogP contribution in [0.4, 0.5) is 5.69 Å². The summed E-state index contributed by atoms with van der Waals surface area (Å²) in [7, 11) is 2.85. The van der Waals surface area contributed by atoms with Crippen molar-refractivity contribution in [1.82, 2.24) is 4.90 Å². The Morgan fingerprint density at radius 1 is 1.05 bits per heavy atom. The quantitative estimate of drug-likeness (QED) is 0.583. The first-order chi connectivity index (χ1) is 9.67. The molecule has 1 aliphatic heterocycles. The van der Waals surface area contributed by atoms with Crippen LogP contribution in [0, 0.1) is 0 Å². The minimum atomic E-state index is -0.809. The smallest absolute Gasteiger partial charge is 0.396 e. The number of ether oxygens (including phenoxy) is 2. The lowest BCUT2D eigenvalue weighted by Gasteiger charge is -2.36. The van der Waals surface area contributed by atoms with E-state index in [9.17, 15) is 9.59 Å². The molecule has 1 aliphatic rings. The van der Waals surface area contributed by atoms with Crippen LogP contribution >= 0.6 is 0 Å². The Bertz CT molecular complexity index is 496. The third-order valence-electron chi connectivity index (χ3n) is 3.35. The van der Waals surface area contributed by atoms with E-state index < -0.39 is 11.9 Å². The molecule has 1 amide bonds. The first kappa shape index (κ1) is 14.2. The van der Waals surface area contributed by atoms with Crippen LogP contribution in [0.15, 0.2) is 24.3 Å². The maximum absolute atomic E-state index is 11.7. The van der Waals surface area contributed by atoms with E-state index in [0.717, 1.165) is 11.4 Å². The molecule has 2 rings (SSSR count). The molecule has 108 valence electrons. The second kappa shape index (κ2) is 6.27. The van der Waals surface area contributed by atoms with Crippen molar-refractivity contribution < 1.29 is 19.1 Å². The van der Waals surface area contributed by atoms with Gasteiger partial charge in [0.15, 0.2) is 0 Å². The van der Waals surface area contributed by atoms with Crippen LogP contribution in [0.25, 0.3) is 0 Å². The number of nitrogens with zero attached hydrogens (tertiary/aromatic N) is 2. The molecule has 0 atom stereocenters. The number of rotatable bonds is 2. The monoisotopic (exact) mass is 278 g/mol. The lowest BCUT2D eigenvalue weighted by Crippen LogP contribution is -2.50. The van der Waals surface area contributed by atoms with Gasteiger partial charge in [0.2, 0.25) is 0 Å². The Morgan fingerprint density at radius 3 is 2.30 bits per heavy atom. The number of piperazine rings is 1. The van der Waals surface area contributed by atoms with Gasteiger partial charge in [-0.3, -0.25) is 4.79 Å². The summed E-state index contributed by atoms with van der Waals surface area (Å²) in [5, 5.41) is 0. The van der Waals surface area contributed by atoms with Gasteiger partial charge in [-0.2, -0.15) is 0 Å². The minimum absolute atomic E-state index is 0.492. The number of carbonyl (C=O) groups excluding carboxylic acids is 2. The topological polar surface area (TPSA) is 59.1 Å². The number of hydrogen-bond acceptors (Lipinski definition) is 5. The van der Waals surface area contributed by atoms with Gasteiger partial charge in [-0.05, 0) is 12.1 Å². The van der Waals surface area contributed by atoms with Gasteiger partial charge < -0.3 is 19.3 Å². The number of methoxy groups -OCH3 is 2. The molecule has 1 fully saturated rings. The highest BCUT2D eigenvalue weighted by molar-refractivity contribution is 6.32. The summed E-state index contributed by atoms with van der Waals surface area (Å²) in [6, 6.07) is 7.75. The van der Waals surface area contributed by atoms with Crippen molar-refractivity contribution in [2.45, 2.75) is 0 Å². The zero-order chi connectivity index (χ0) is 14.5. The molecule has 0 unspecified atom stereocenters. The molecule has 1 heterocycles. The Labute approximate surface area is 117 Å². The highest BCUT2D eigenvalue weighted by atomic mass is 16.5. The molecule has 0 radical (unpaired) electrons. The fraction of sp³-hybridized carbons (Fsp3) is 0.429. The number of esters is 1. The molecule has 1 saturated heterocycles. The van der Waals surface area contributed by atoms with E-state index in [1.165, 1.54) is 12.0 Å². The van der Waals surface area contributed by atoms with E-state index in [1.807, 2.05) is 24.3 Å². The van der Waals surface area contributed by atoms with Crippen molar-refractivity contribution in [3.63, 3.8) is 0 Å². The molecular formula is C14H18N2O4. The van der Waals surface area contributed by atoms with Crippen LogP contribution in [0.2, 0.25) is 0 Å². The fourth-order valence-corrected chi connectivity index (χ4v) is 2.26. The van der Waals surface area contributed by atoms with Gasteiger partial charge in [0.25, 0.3) is 0 Å². The van der Waals surface area contributed by atoms with E-state index in [1.54, 1.807) is 7.11 Å². The summed E-state index contributed by atoms with van der Waals surface area (Å²) in [5.74, 6) is -0.580. The summed E-state index contributed by atoms with van der Waals surface area (Å²) in [6.45, 7) is 2.30. The minimum Gasteiger partial charge on any atom is -0.495 e. The Kier molecular flexibility index (Phi) is 4.45. The predicted molar refractivity (Wildman–Crippen MR) is 73.8 cm³/mol. The lowest BCUT2D eigenvalue weighted by molar-refractivity contribution is -0.158. The summed E-state index contributed by atoms with van der Waals surface area (Å²) in [4.78, 5) is 26.6. The summed E-state index contributed by atoms with van der Waals surface area (Å²) in [6.07, 6.45) is 0. The largest absolute Gasteiger partial charge is 0.495 e. The average molecular weight is 278 g/mol. The maximum Gasteiger partial charge on any atom is 0.396 e. The van der Waals surface area contributed by atoms with Crippen LogP contribution in [0.5, 0.6) is 5.75 Å². The highest BCUT2D eigenvalue weighted by Crippen LogP contribution is 2.28. The van der Waals surface area contributed by atoms with Gasteiger partial charge in [0.1, 0.15) is 5.75 Å². The SMILES string of the molecule is COC(=O)C(=O)N1CCN(c2ccccc2OC)CC1. The van der Waals surface area contributed by atoms with Crippen molar-refractivity contribution in [2.75, 3.05) is 45.3 Å². The number of hydrogen-bond donors (Lipinski definition) is 0. The maximum atomic E-state index is 11.7. The van der Waals surface area contributed by atoms with Crippen LogP contribution in [-0.2, 0) is 14.3 Å². The predicted octanol–water partition coefficient (Wildman–Crippen LogP) is 0.517. The van der Waals surface area contributed by atoms with Crippen LogP contribution in [0.3, 0.4) is 0 Å². The first-order valence-corrected chi connectivity index (χ1v) is 6.42. The highest BCUT2D eigenvalue weighted by Gasteiger charge is 2.27. The van der Waals surface area contributed by atoms with Gasteiger partial charge in [-0.1, -0.05) is 12.1 Å². The zero-order valence-corrected chi connectivity index (χ0v) is 11.7.